The van der Waals surface area contributed by atoms with Gasteiger partial charge in [-0.3, -0.25) is 4.79 Å². The van der Waals surface area contributed by atoms with Crippen LogP contribution in [-0.4, -0.2) is 12.9 Å². The van der Waals surface area contributed by atoms with E-state index in [-0.39, 0.29) is 5.78 Å². The second kappa shape index (κ2) is 9.67. The molecule has 1 aromatic heterocycles. The van der Waals surface area contributed by atoms with E-state index in [9.17, 15) is 4.79 Å². The van der Waals surface area contributed by atoms with E-state index in [0.29, 0.717) is 23.5 Å². The summed E-state index contributed by atoms with van der Waals surface area (Å²) in [4.78, 5) is 13.7. The van der Waals surface area contributed by atoms with Gasteiger partial charge in [-0.15, -0.1) is 0 Å². The van der Waals surface area contributed by atoms with Gasteiger partial charge < -0.3 is 13.9 Å². The number of benzene rings is 5. The standard InChI is InChI=1S/C33H24O4/c1-35-26-16-13-24(14-17-26)30-31-28-20-27(36-21-22-8-4-2-5-9-22)18-12-23(28)15-19-29(31)37-33(30)32(34)25-10-6-3-7-11-25/h2-20H,21H2,1H3. The Hall–Kier alpha value is -4.83. The van der Waals surface area contributed by atoms with Gasteiger partial charge in [-0.25, -0.2) is 0 Å². The summed E-state index contributed by atoms with van der Waals surface area (Å²) in [6.45, 7) is 0.469. The summed E-state index contributed by atoms with van der Waals surface area (Å²) in [6, 6.07) is 37.0. The number of hydrogen-bond donors (Lipinski definition) is 0. The molecule has 1 heterocycles. The maximum atomic E-state index is 13.7. The van der Waals surface area contributed by atoms with Gasteiger partial charge in [-0.2, -0.15) is 0 Å². The number of methoxy groups -OCH3 is 1. The number of ether oxygens (including phenoxy) is 2. The van der Waals surface area contributed by atoms with Crippen molar-refractivity contribution in [2.24, 2.45) is 0 Å². The van der Waals surface area contributed by atoms with Crippen LogP contribution in [0.2, 0.25) is 0 Å². The van der Waals surface area contributed by atoms with E-state index in [1.54, 1.807) is 19.2 Å². The Morgan fingerprint density at radius 2 is 1.43 bits per heavy atom. The molecule has 0 radical (unpaired) electrons. The first-order valence-corrected chi connectivity index (χ1v) is 12.1. The van der Waals surface area contributed by atoms with Crippen molar-refractivity contribution in [2.45, 2.75) is 6.61 Å². The fourth-order valence-corrected chi connectivity index (χ4v) is 4.64. The first kappa shape index (κ1) is 22.6. The quantitative estimate of drug-likeness (QED) is 0.215. The molecule has 0 aliphatic heterocycles. The Bertz CT molecular complexity index is 1700. The Balaban J connectivity index is 1.54. The molecule has 0 aliphatic carbocycles. The molecule has 0 fully saturated rings. The van der Waals surface area contributed by atoms with E-state index in [4.69, 9.17) is 13.9 Å². The molecule has 0 saturated carbocycles. The zero-order valence-electron chi connectivity index (χ0n) is 20.3. The van der Waals surface area contributed by atoms with E-state index < -0.39 is 0 Å². The third kappa shape index (κ3) is 4.34. The highest BCUT2D eigenvalue weighted by Gasteiger charge is 2.24. The molecule has 6 rings (SSSR count). The second-order valence-corrected chi connectivity index (χ2v) is 8.83. The van der Waals surface area contributed by atoms with Crippen LogP contribution in [0, 0.1) is 0 Å². The van der Waals surface area contributed by atoms with Gasteiger partial charge in [0.1, 0.15) is 23.7 Å². The fourth-order valence-electron chi connectivity index (χ4n) is 4.64. The molecule has 37 heavy (non-hydrogen) atoms. The molecule has 5 aromatic carbocycles. The van der Waals surface area contributed by atoms with Gasteiger partial charge in [-0.05, 0) is 52.2 Å². The molecule has 0 unspecified atom stereocenters. The van der Waals surface area contributed by atoms with Crippen LogP contribution in [0.4, 0.5) is 0 Å². The molecule has 0 bridgehead atoms. The average molecular weight is 485 g/mol. The maximum absolute atomic E-state index is 13.7. The van der Waals surface area contributed by atoms with Crippen molar-refractivity contribution < 1.29 is 18.7 Å². The van der Waals surface area contributed by atoms with E-state index in [2.05, 4.69) is 0 Å². The van der Waals surface area contributed by atoms with Crippen LogP contribution in [0.3, 0.4) is 0 Å². The number of carbonyl (C=O) groups is 1. The Morgan fingerprint density at radius 3 is 2.16 bits per heavy atom. The molecular formula is C33H24O4. The van der Waals surface area contributed by atoms with Crippen molar-refractivity contribution in [3.63, 3.8) is 0 Å². The summed E-state index contributed by atoms with van der Waals surface area (Å²) in [7, 11) is 1.64. The summed E-state index contributed by atoms with van der Waals surface area (Å²) in [6.07, 6.45) is 0. The summed E-state index contributed by atoms with van der Waals surface area (Å²) >= 11 is 0. The van der Waals surface area contributed by atoms with Crippen molar-refractivity contribution in [1.29, 1.82) is 0 Å². The Kier molecular flexibility index (Phi) is 5.91. The minimum Gasteiger partial charge on any atom is -0.497 e. The fraction of sp³-hybridized carbons (Fsp3) is 0.0606. The third-order valence-electron chi connectivity index (χ3n) is 6.51. The highest BCUT2D eigenvalue weighted by molar-refractivity contribution is 6.21. The zero-order valence-corrected chi connectivity index (χ0v) is 20.3. The summed E-state index contributed by atoms with van der Waals surface area (Å²) in [5.41, 5.74) is 3.96. The number of hydrogen-bond acceptors (Lipinski definition) is 4. The van der Waals surface area contributed by atoms with Crippen molar-refractivity contribution in [3.8, 4) is 22.6 Å². The first-order valence-electron chi connectivity index (χ1n) is 12.1. The van der Waals surface area contributed by atoms with Crippen molar-refractivity contribution in [2.75, 3.05) is 7.11 Å². The first-order chi connectivity index (χ1) is 18.2. The maximum Gasteiger partial charge on any atom is 0.228 e. The lowest BCUT2D eigenvalue weighted by Crippen LogP contribution is -2.01. The van der Waals surface area contributed by atoms with Crippen LogP contribution in [0.5, 0.6) is 11.5 Å². The van der Waals surface area contributed by atoms with Crippen molar-refractivity contribution in [3.05, 3.63) is 132 Å². The van der Waals surface area contributed by atoms with Crippen LogP contribution < -0.4 is 9.47 Å². The van der Waals surface area contributed by atoms with Crippen molar-refractivity contribution in [1.82, 2.24) is 0 Å². The average Bonchev–Trinajstić information content (AvgIpc) is 3.37. The van der Waals surface area contributed by atoms with Crippen LogP contribution in [0.15, 0.2) is 120 Å². The lowest BCUT2D eigenvalue weighted by molar-refractivity contribution is 0.101. The molecule has 0 N–H and O–H groups in total. The predicted octanol–water partition coefficient (Wildman–Crippen LogP) is 8.07. The monoisotopic (exact) mass is 484 g/mol. The third-order valence-corrected chi connectivity index (χ3v) is 6.51. The number of fused-ring (bicyclic) bond motifs is 3. The molecule has 0 saturated heterocycles. The zero-order chi connectivity index (χ0) is 25.2. The molecule has 0 amide bonds. The van der Waals surface area contributed by atoms with E-state index in [0.717, 1.165) is 44.3 Å². The van der Waals surface area contributed by atoms with Gasteiger partial charge in [0, 0.05) is 16.5 Å². The van der Waals surface area contributed by atoms with Crippen LogP contribution in [-0.2, 0) is 6.61 Å². The van der Waals surface area contributed by atoms with Crippen LogP contribution in [0.1, 0.15) is 21.7 Å². The van der Waals surface area contributed by atoms with Gasteiger partial charge >= 0.3 is 0 Å². The minimum absolute atomic E-state index is 0.160. The van der Waals surface area contributed by atoms with Gasteiger partial charge in [0.15, 0.2) is 5.76 Å². The molecule has 6 aromatic rings. The summed E-state index contributed by atoms with van der Waals surface area (Å²) in [5, 5.41) is 2.88. The predicted molar refractivity (Wildman–Crippen MR) is 146 cm³/mol. The normalized spacial score (nSPS) is 11.1. The molecule has 180 valence electrons. The molecule has 0 aliphatic rings. The van der Waals surface area contributed by atoms with Crippen LogP contribution in [0.25, 0.3) is 32.9 Å². The lowest BCUT2D eigenvalue weighted by Gasteiger charge is -2.09. The second-order valence-electron chi connectivity index (χ2n) is 8.83. The van der Waals surface area contributed by atoms with Gasteiger partial charge in [0.05, 0.1) is 7.11 Å². The largest absolute Gasteiger partial charge is 0.497 e. The van der Waals surface area contributed by atoms with E-state index in [1.807, 2.05) is 103 Å². The smallest absolute Gasteiger partial charge is 0.228 e. The lowest BCUT2D eigenvalue weighted by atomic mass is 9.95. The van der Waals surface area contributed by atoms with E-state index in [1.165, 1.54) is 0 Å². The molecule has 0 atom stereocenters. The highest BCUT2D eigenvalue weighted by Crippen LogP contribution is 2.41. The number of rotatable bonds is 7. The summed E-state index contributed by atoms with van der Waals surface area (Å²) in [5.74, 6) is 1.65. The van der Waals surface area contributed by atoms with Crippen molar-refractivity contribution >= 4 is 27.5 Å². The van der Waals surface area contributed by atoms with Gasteiger partial charge in [0.25, 0.3) is 0 Å². The molecule has 0 spiro atoms. The van der Waals surface area contributed by atoms with Gasteiger partial charge in [-0.1, -0.05) is 84.9 Å². The Morgan fingerprint density at radius 1 is 0.757 bits per heavy atom. The van der Waals surface area contributed by atoms with Crippen LogP contribution >= 0.6 is 0 Å². The van der Waals surface area contributed by atoms with E-state index >= 15 is 0 Å². The SMILES string of the molecule is COc1ccc(-c2c(C(=O)c3ccccc3)oc3ccc4ccc(OCc5ccccc5)cc4c23)cc1. The topological polar surface area (TPSA) is 48.7 Å². The summed E-state index contributed by atoms with van der Waals surface area (Å²) < 4.78 is 17.8. The number of carbonyl (C=O) groups excluding carboxylic acids is 1. The minimum atomic E-state index is -0.160. The number of ketones is 1. The Labute approximate surface area is 214 Å². The highest BCUT2D eigenvalue weighted by atomic mass is 16.5. The molecule has 4 nitrogen and oxygen atoms in total. The molecule has 4 heteroatoms. The molecular weight excluding hydrogens is 460 g/mol. The van der Waals surface area contributed by atoms with Gasteiger partial charge in [0.2, 0.25) is 5.78 Å². The number of furan rings is 1.